The van der Waals surface area contributed by atoms with Crippen LogP contribution in [0.5, 0.6) is 0 Å². The second kappa shape index (κ2) is 4.66. The molecule has 0 aromatic rings. The minimum atomic E-state index is 0.340. The first-order chi connectivity index (χ1) is 7.54. The summed E-state index contributed by atoms with van der Waals surface area (Å²) in [6.45, 7) is 9.59. The molecule has 0 spiro atoms. The Kier molecular flexibility index (Phi) is 3.60. The van der Waals surface area contributed by atoms with Crippen LogP contribution in [0.25, 0.3) is 0 Å². The van der Waals surface area contributed by atoms with Gasteiger partial charge in [-0.1, -0.05) is 33.6 Å². The van der Waals surface area contributed by atoms with Gasteiger partial charge < -0.3 is 5.73 Å². The minimum Gasteiger partial charge on any atom is -0.326 e. The zero-order chi connectivity index (χ0) is 11.8. The number of nitrogens with two attached hydrogens (primary N) is 1. The van der Waals surface area contributed by atoms with E-state index in [4.69, 9.17) is 5.73 Å². The van der Waals surface area contributed by atoms with Crippen LogP contribution in [0.4, 0.5) is 0 Å². The van der Waals surface area contributed by atoms with Crippen LogP contribution < -0.4 is 5.73 Å². The van der Waals surface area contributed by atoms with Gasteiger partial charge in [-0.2, -0.15) is 0 Å². The Labute approximate surface area is 101 Å². The molecular formula is C14H28N2. The molecule has 1 saturated carbocycles. The lowest BCUT2D eigenvalue weighted by molar-refractivity contribution is 0.0811. The van der Waals surface area contributed by atoms with Gasteiger partial charge in [0.05, 0.1) is 0 Å². The third kappa shape index (κ3) is 2.28. The largest absolute Gasteiger partial charge is 0.326 e. The van der Waals surface area contributed by atoms with Gasteiger partial charge >= 0.3 is 0 Å². The van der Waals surface area contributed by atoms with Crippen molar-refractivity contribution in [2.45, 2.75) is 65.0 Å². The molecule has 16 heavy (non-hydrogen) atoms. The summed E-state index contributed by atoms with van der Waals surface area (Å²) in [7, 11) is 0. The second-order valence-corrected chi connectivity index (χ2v) is 6.53. The molecule has 1 aliphatic heterocycles. The summed E-state index contributed by atoms with van der Waals surface area (Å²) in [5, 5.41) is 0. The van der Waals surface area contributed by atoms with Gasteiger partial charge in [-0.05, 0) is 37.1 Å². The van der Waals surface area contributed by atoms with Crippen LogP contribution in [0.1, 0.15) is 52.9 Å². The molecule has 0 aromatic heterocycles. The molecule has 2 rings (SSSR count). The summed E-state index contributed by atoms with van der Waals surface area (Å²) in [5.41, 5.74) is 6.82. The maximum Gasteiger partial charge on any atom is 0.0252 e. The van der Waals surface area contributed by atoms with E-state index in [-0.39, 0.29) is 0 Å². The smallest absolute Gasteiger partial charge is 0.0252 e. The predicted octanol–water partition coefficient (Wildman–Crippen LogP) is 2.62. The van der Waals surface area contributed by atoms with Gasteiger partial charge in [0.15, 0.2) is 0 Å². The SMILES string of the molecule is CCC1CCN(C2CCCC(C)(C)C2N)C1. The molecule has 0 bridgehead atoms. The lowest BCUT2D eigenvalue weighted by Crippen LogP contribution is -2.56. The lowest BCUT2D eigenvalue weighted by Gasteiger charge is -2.45. The predicted molar refractivity (Wildman–Crippen MR) is 69.4 cm³/mol. The zero-order valence-electron chi connectivity index (χ0n) is 11.2. The summed E-state index contributed by atoms with van der Waals surface area (Å²) < 4.78 is 0. The molecule has 2 nitrogen and oxygen atoms in total. The topological polar surface area (TPSA) is 29.3 Å². The van der Waals surface area contributed by atoms with Crippen LogP contribution in [0.15, 0.2) is 0 Å². The van der Waals surface area contributed by atoms with Crippen LogP contribution in [0, 0.1) is 11.3 Å². The Hall–Kier alpha value is -0.0800. The number of nitrogens with zero attached hydrogens (tertiary/aromatic N) is 1. The highest BCUT2D eigenvalue weighted by molar-refractivity contribution is 4.97. The molecule has 1 aliphatic carbocycles. The zero-order valence-corrected chi connectivity index (χ0v) is 11.2. The Bertz CT molecular complexity index is 237. The van der Waals surface area contributed by atoms with Crippen LogP contribution in [0.2, 0.25) is 0 Å². The molecule has 1 saturated heterocycles. The van der Waals surface area contributed by atoms with E-state index in [0.29, 0.717) is 17.5 Å². The number of likely N-dealkylation sites (tertiary alicyclic amines) is 1. The molecule has 0 amide bonds. The van der Waals surface area contributed by atoms with Gasteiger partial charge in [0.25, 0.3) is 0 Å². The Morgan fingerprint density at radius 1 is 1.31 bits per heavy atom. The van der Waals surface area contributed by atoms with Crippen molar-refractivity contribution in [2.75, 3.05) is 13.1 Å². The molecule has 3 atom stereocenters. The van der Waals surface area contributed by atoms with E-state index in [9.17, 15) is 0 Å². The second-order valence-electron chi connectivity index (χ2n) is 6.53. The third-order valence-electron chi connectivity index (χ3n) is 5.00. The minimum absolute atomic E-state index is 0.340. The highest BCUT2D eigenvalue weighted by Gasteiger charge is 2.40. The first kappa shape index (κ1) is 12.4. The molecule has 2 fully saturated rings. The van der Waals surface area contributed by atoms with Gasteiger partial charge in [-0.25, -0.2) is 0 Å². The average molecular weight is 224 g/mol. The van der Waals surface area contributed by atoms with E-state index in [1.807, 2.05) is 0 Å². The fourth-order valence-electron chi connectivity index (χ4n) is 3.54. The van der Waals surface area contributed by atoms with Crippen LogP contribution >= 0.6 is 0 Å². The fraction of sp³-hybridized carbons (Fsp3) is 1.00. The van der Waals surface area contributed by atoms with Crippen LogP contribution in [0.3, 0.4) is 0 Å². The van der Waals surface area contributed by atoms with Crippen molar-refractivity contribution < 1.29 is 0 Å². The fourth-order valence-corrected chi connectivity index (χ4v) is 3.54. The van der Waals surface area contributed by atoms with Crippen molar-refractivity contribution in [1.29, 1.82) is 0 Å². The summed E-state index contributed by atoms with van der Waals surface area (Å²) in [6.07, 6.45) is 6.71. The number of hydrogen-bond donors (Lipinski definition) is 1. The quantitative estimate of drug-likeness (QED) is 0.781. The van der Waals surface area contributed by atoms with Crippen LogP contribution in [-0.4, -0.2) is 30.1 Å². The molecular weight excluding hydrogens is 196 g/mol. The van der Waals surface area contributed by atoms with E-state index in [0.717, 1.165) is 5.92 Å². The van der Waals surface area contributed by atoms with Gasteiger partial charge in [0, 0.05) is 18.6 Å². The van der Waals surface area contributed by atoms with Crippen molar-refractivity contribution in [3.8, 4) is 0 Å². The third-order valence-corrected chi connectivity index (χ3v) is 5.00. The summed E-state index contributed by atoms with van der Waals surface area (Å²) in [4.78, 5) is 2.68. The molecule has 0 aromatic carbocycles. The van der Waals surface area contributed by atoms with E-state index >= 15 is 0 Å². The Morgan fingerprint density at radius 2 is 2.06 bits per heavy atom. The normalized spacial score (nSPS) is 40.1. The standard InChI is InChI=1S/C14H28N2/c1-4-11-7-9-16(10-11)12-6-5-8-14(2,3)13(12)15/h11-13H,4-10,15H2,1-3H3. The monoisotopic (exact) mass is 224 g/mol. The summed E-state index contributed by atoms with van der Waals surface area (Å²) >= 11 is 0. The van der Waals surface area contributed by atoms with Crippen molar-refractivity contribution in [3.05, 3.63) is 0 Å². The Morgan fingerprint density at radius 3 is 2.69 bits per heavy atom. The highest BCUT2D eigenvalue weighted by atomic mass is 15.2. The van der Waals surface area contributed by atoms with Gasteiger partial charge in [-0.15, -0.1) is 0 Å². The highest BCUT2D eigenvalue weighted by Crippen LogP contribution is 2.38. The molecule has 3 unspecified atom stereocenters. The summed E-state index contributed by atoms with van der Waals surface area (Å²) in [5.74, 6) is 0.928. The molecule has 0 radical (unpaired) electrons. The van der Waals surface area contributed by atoms with E-state index in [1.165, 1.54) is 45.2 Å². The van der Waals surface area contributed by atoms with Crippen LogP contribution in [-0.2, 0) is 0 Å². The van der Waals surface area contributed by atoms with Gasteiger partial charge in [0.1, 0.15) is 0 Å². The van der Waals surface area contributed by atoms with E-state index in [1.54, 1.807) is 0 Å². The average Bonchev–Trinajstić information content (AvgIpc) is 2.70. The molecule has 1 heterocycles. The van der Waals surface area contributed by atoms with Crippen molar-refractivity contribution >= 4 is 0 Å². The van der Waals surface area contributed by atoms with E-state index in [2.05, 4.69) is 25.7 Å². The Balaban J connectivity index is 1.99. The maximum atomic E-state index is 6.48. The summed E-state index contributed by atoms with van der Waals surface area (Å²) in [6, 6.07) is 1.03. The van der Waals surface area contributed by atoms with Gasteiger partial charge in [0.2, 0.25) is 0 Å². The van der Waals surface area contributed by atoms with E-state index < -0.39 is 0 Å². The molecule has 94 valence electrons. The number of hydrogen-bond acceptors (Lipinski definition) is 2. The first-order valence-electron chi connectivity index (χ1n) is 7.04. The van der Waals surface area contributed by atoms with Gasteiger partial charge in [-0.3, -0.25) is 4.90 Å². The molecule has 2 aliphatic rings. The molecule has 2 heteroatoms. The van der Waals surface area contributed by atoms with Crippen molar-refractivity contribution in [3.63, 3.8) is 0 Å². The number of rotatable bonds is 2. The maximum absolute atomic E-state index is 6.48. The van der Waals surface area contributed by atoms with Crippen molar-refractivity contribution in [2.24, 2.45) is 17.1 Å². The lowest BCUT2D eigenvalue weighted by atomic mass is 9.71. The molecule has 2 N–H and O–H groups in total. The first-order valence-corrected chi connectivity index (χ1v) is 7.04. The van der Waals surface area contributed by atoms with Crippen molar-refractivity contribution in [1.82, 2.24) is 4.90 Å².